The number of aromatic nitrogens is 3. The molecule has 6 nitrogen and oxygen atoms in total. The zero-order valence-corrected chi connectivity index (χ0v) is 18.0. The molecule has 4 heterocycles. The summed E-state index contributed by atoms with van der Waals surface area (Å²) in [6.45, 7) is 1.08. The van der Waals surface area contributed by atoms with Crippen molar-refractivity contribution >= 4 is 32.5 Å². The summed E-state index contributed by atoms with van der Waals surface area (Å²) >= 11 is 1.29. The highest BCUT2D eigenvalue weighted by atomic mass is 32.2. The van der Waals surface area contributed by atoms with Crippen molar-refractivity contribution in [3.8, 4) is 0 Å². The van der Waals surface area contributed by atoms with Crippen LogP contribution in [0.3, 0.4) is 0 Å². The Morgan fingerprint density at radius 1 is 1.07 bits per heavy atom. The SMILES string of the molecule is O=S(=O)(c1cccs1)N1CCC(n2c(CC3CCCC3)nc3cccnc32)CC1. The first-order valence-corrected chi connectivity index (χ1v) is 12.8. The van der Waals surface area contributed by atoms with Crippen molar-refractivity contribution in [3.63, 3.8) is 0 Å². The van der Waals surface area contributed by atoms with E-state index in [2.05, 4.69) is 9.55 Å². The zero-order chi connectivity index (χ0) is 19.8. The number of hydrogen-bond donors (Lipinski definition) is 0. The number of nitrogens with zero attached hydrogens (tertiary/aromatic N) is 4. The Kier molecular flexibility index (Phi) is 5.17. The van der Waals surface area contributed by atoms with Gasteiger partial charge in [0.15, 0.2) is 5.65 Å². The molecular weight excluding hydrogens is 404 g/mol. The second-order valence-corrected chi connectivity index (χ2v) is 11.3. The average Bonchev–Trinajstić information content (AvgIpc) is 3.49. The number of piperidine rings is 1. The van der Waals surface area contributed by atoms with Crippen molar-refractivity contribution in [2.75, 3.05) is 13.1 Å². The van der Waals surface area contributed by atoms with Gasteiger partial charge < -0.3 is 4.57 Å². The first-order chi connectivity index (χ1) is 14.1. The lowest BCUT2D eigenvalue weighted by atomic mass is 10.0. The lowest BCUT2D eigenvalue weighted by Crippen LogP contribution is -2.39. The lowest BCUT2D eigenvalue weighted by molar-refractivity contribution is 0.272. The minimum atomic E-state index is -3.37. The highest BCUT2D eigenvalue weighted by Gasteiger charge is 2.32. The Balaban J connectivity index is 1.40. The van der Waals surface area contributed by atoms with Crippen molar-refractivity contribution < 1.29 is 8.42 Å². The fourth-order valence-corrected chi connectivity index (χ4v) is 7.47. The van der Waals surface area contributed by atoms with Gasteiger partial charge in [0.2, 0.25) is 0 Å². The van der Waals surface area contributed by atoms with Crippen LogP contribution in [0.1, 0.15) is 50.4 Å². The maximum atomic E-state index is 12.9. The Morgan fingerprint density at radius 3 is 2.59 bits per heavy atom. The van der Waals surface area contributed by atoms with E-state index in [0.717, 1.165) is 36.3 Å². The molecule has 1 aliphatic carbocycles. The number of rotatable bonds is 5. The maximum absolute atomic E-state index is 12.9. The lowest BCUT2D eigenvalue weighted by Gasteiger charge is -2.32. The summed E-state index contributed by atoms with van der Waals surface area (Å²) in [5, 5.41) is 1.82. The second-order valence-electron chi connectivity index (χ2n) is 8.17. The van der Waals surface area contributed by atoms with Crippen LogP contribution in [-0.2, 0) is 16.4 Å². The summed E-state index contributed by atoms with van der Waals surface area (Å²) < 4.78 is 30.1. The average molecular weight is 431 g/mol. The summed E-state index contributed by atoms with van der Waals surface area (Å²) in [7, 11) is -3.37. The van der Waals surface area contributed by atoms with Gasteiger partial charge in [0.25, 0.3) is 10.0 Å². The molecule has 0 atom stereocenters. The smallest absolute Gasteiger partial charge is 0.252 e. The molecule has 154 valence electrons. The summed E-state index contributed by atoms with van der Waals surface area (Å²) in [4.78, 5) is 9.56. The van der Waals surface area contributed by atoms with Crippen LogP contribution in [0.25, 0.3) is 11.2 Å². The first-order valence-electron chi connectivity index (χ1n) is 10.5. The molecule has 0 aromatic carbocycles. The number of sulfonamides is 1. The van der Waals surface area contributed by atoms with Crippen molar-refractivity contribution in [2.45, 2.75) is 55.2 Å². The molecule has 0 spiro atoms. The van der Waals surface area contributed by atoms with Gasteiger partial charge in [0, 0.05) is 31.7 Å². The summed E-state index contributed by atoms with van der Waals surface area (Å²) in [5.41, 5.74) is 1.90. The van der Waals surface area contributed by atoms with Crippen LogP contribution >= 0.6 is 11.3 Å². The molecule has 29 heavy (non-hydrogen) atoms. The van der Waals surface area contributed by atoms with Crippen LogP contribution in [0.4, 0.5) is 0 Å². The Morgan fingerprint density at radius 2 is 1.86 bits per heavy atom. The van der Waals surface area contributed by atoms with Crippen molar-refractivity contribution in [1.29, 1.82) is 0 Å². The molecular formula is C21H26N4O2S2. The van der Waals surface area contributed by atoms with Gasteiger partial charge in [-0.15, -0.1) is 11.3 Å². The molecule has 3 aromatic heterocycles. The molecule has 1 saturated carbocycles. The minimum Gasteiger partial charge on any atom is -0.309 e. The summed E-state index contributed by atoms with van der Waals surface area (Å²) in [6, 6.07) is 7.71. The molecule has 0 radical (unpaired) electrons. The van der Waals surface area contributed by atoms with Crippen molar-refractivity contribution in [3.05, 3.63) is 41.7 Å². The van der Waals surface area contributed by atoms with Crippen LogP contribution in [0.15, 0.2) is 40.1 Å². The van der Waals surface area contributed by atoms with Gasteiger partial charge in [-0.25, -0.2) is 18.4 Å². The van der Waals surface area contributed by atoms with Crippen LogP contribution < -0.4 is 0 Å². The number of hydrogen-bond acceptors (Lipinski definition) is 5. The Labute approximate surface area is 175 Å². The largest absolute Gasteiger partial charge is 0.309 e. The van der Waals surface area contributed by atoms with Gasteiger partial charge in [-0.05, 0) is 42.3 Å². The molecule has 5 rings (SSSR count). The molecule has 0 N–H and O–H groups in total. The molecule has 2 aliphatic rings. The van der Waals surface area contributed by atoms with E-state index >= 15 is 0 Å². The van der Waals surface area contributed by atoms with Crippen LogP contribution in [-0.4, -0.2) is 40.3 Å². The minimum absolute atomic E-state index is 0.251. The standard InChI is InChI=1S/C21H26N4O2S2/c26-29(27,20-8-4-14-28-20)24-12-9-17(10-13-24)25-19(15-16-5-1-2-6-16)23-18-7-3-11-22-21(18)25/h3-4,7-8,11,14,16-17H,1-2,5-6,9-10,12-13,15H2. The van der Waals surface area contributed by atoms with Crippen LogP contribution in [0.2, 0.25) is 0 Å². The third-order valence-electron chi connectivity index (χ3n) is 6.35. The molecule has 0 amide bonds. The number of thiophene rings is 1. The predicted molar refractivity (Wildman–Crippen MR) is 115 cm³/mol. The first kappa shape index (κ1) is 19.2. The Bertz CT molecular complexity index is 1080. The van der Waals surface area contributed by atoms with Gasteiger partial charge in [-0.2, -0.15) is 4.31 Å². The van der Waals surface area contributed by atoms with E-state index in [1.54, 1.807) is 16.4 Å². The van der Waals surface area contributed by atoms with Gasteiger partial charge in [0.1, 0.15) is 15.6 Å². The maximum Gasteiger partial charge on any atom is 0.252 e. The molecule has 0 bridgehead atoms. The summed E-state index contributed by atoms with van der Waals surface area (Å²) in [6.07, 6.45) is 9.64. The predicted octanol–water partition coefficient (Wildman–Crippen LogP) is 4.25. The fraction of sp³-hybridized carbons (Fsp3) is 0.524. The number of pyridine rings is 1. The highest BCUT2D eigenvalue weighted by molar-refractivity contribution is 7.91. The van der Waals surface area contributed by atoms with Gasteiger partial charge in [0.05, 0.1) is 0 Å². The van der Waals surface area contributed by atoms with E-state index in [9.17, 15) is 8.42 Å². The molecule has 8 heteroatoms. The van der Waals surface area contributed by atoms with Crippen molar-refractivity contribution in [1.82, 2.24) is 18.8 Å². The van der Waals surface area contributed by atoms with Crippen LogP contribution in [0, 0.1) is 5.92 Å². The number of imidazole rings is 1. The van der Waals surface area contributed by atoms with Gasteiger partial charge >= 0.3 is 0 Å². The normalized spacial score (nSPS) is 20.0. The van der Waals surface area contributed by atoms with Gasteiger partial charge in [-0.3, -0.25) is 0 Å². The fourth-order valence-electron chi connectivity index (χ4n) is 4.86. The summed E-state index contributed by atoms with van der Waals surface area (Å²) in [5.74, 6) is 1.84. The Hall–Kier alpha value is -1.77. The number of fused-ring (bicyclic) bond motifs is 1. The molecule has 3 aromatic rings. The third kappa shape index (κ3) is 3.62. The molecule has 1 saturated heterocycles. The topological polar surface area (TPSA) is 68.1 Å². The van der Waals surface area contributed by atoms with Gasteiger partial charge in [-0.1, -0.05) is 31.7 Å². The molecule has 2 fully saturated rings. The second kappa shape index (κ2) is 7.81. The van der Waals surface area contributed by atoms with Crippen LogP contribution in [0.5, 0.6) is 0 Å². The third-order valence-corrected chi connectivity index (χ3v) is 9.62. The monoisotopic (exact) mass is 430 g/mol. The van der Waals surface area contributed by atoms with E-state index in [-0.39, 0.29) is 6.04 Å². The van der Waals surface area contributed by atoms with E-state index < -0.39 is 10.0 Å². The van der Waals surface area contributed by atoms with E-state index in [1.165, 1.54) is 37.0 Å². The van der Waals surface area contributed by atoms with E-state index in [1.807, 2.05) is 23.7 Å². The van der Waals surface area contributed by atoms with E-state index in [4.69, 9.17) is 4.98 Å². The molecule has 1 aliphatic heterocycles. The molecule has 0 unspecified atom stereocenters. The van der Waals surface area contributed by atoms with Crippen molar-refractivity contribution in [2.24, 2.45) is 5.92 Å². The zero-order valence-electron chi connectivity index (χ0n) is 16.4. The highest BCUT2D eigenvalue weighted by Crippen LogP contribution is 2.34. The van der Waals surface area contributed by atoms with E-state index in [0.29, 0.717) is 23.2 Å². The quantitative estimate of drug-likeness (QED) is 0.607.